The Balaban J connectivity index is 1.91. The van der Waals surface area contributed by atoms with Gasteiger partial charge in [0.05, 0.1) is 0 Å². The number of carbonyl (C=O) groups excluding carboxylic acids is 1. The van der Waals surface area contributed by atoms with Gasteiger partial charge in [-0.1, -0.05) is 18.9 Å². The number of hydrogen-bond acceptors (Lipinski definition) is 2. The fourth-order valence-electron chi connectivity index (χ4n) is 2.82. The van der Waals surface area contributed by atoms with Crippen LogP contribution in [-0.4, -0.2) is 22.0 Å². The molecule has 2 aliphatic rings. The number of fused-ring (bicyclic) bond motifs is 1. The molecule has 1 aromatic carbocycles. The summed E-state index contributed by atoms with van der Waals surface area (Å²) in [7, 11) is 0. The minimum Gasteiger partial charge on any atom is -0.508 e. The maximum atomic E-state index is 12.2. The lowest BCUT2D eigenvalue weighted by Crippen LogP contribution is -2.33. The summed E-state index contributed by atoms with van der Waals surface area (Å²) < 4.78 is 0. The molecule has 1 amide bonds. The van der Waals surface area contributed by atoms with Crippen molar-refractivity contribution in [2.45, 2.75) is 38.3 Å². The van der Waals surface area contributed by atoms with Gasteiger partial charge >= 0.3 is 0 Å². The SMILES string of the molecule is O=C1c2cc(O)ccc2CN1C1CCCC1. The Labute approximate surface area is 94.7 Å². The average molecular weight is 217 g/mol. The van der Waals surface area contributed by atoms with Gasteiger partial charge in [0.15, 0.2) is 0 Å². The lowest BCUT2D eigenvalue weighted by atomic mass is 10.1. The first kappa shape index (κ1) is 9.70. The summed E-state index contributed by atoms with van der Waals surface area (Å²) >= 11 is 0. The molecule has 1 heterocycles. The third-order valence-corrected chi connectivity index (χ3v) is 3.69. The van der Waals surface area contributed by atoms with Crippen LogP contribution >= 0.6 is 0 Å². The molecule has 84 valence electrons. The lowest BCUT2D eigenvalue weighted by Gasteiger charge is -2.23. The second-order valence-corrected chi connectivity index (χ2v) is 4.71. The monoisotopic (exact) mass is 217 g/mol. The highest BCUT2D eigenvalue weighted by Crippen LogP contribution is 2.32. The third kappa shape index (κ3) is 1.39. The summed E-state index contributed by atoms with van der Waals surface area (Å²) in [6.07, 6.45) is 4.73. The highest BCUT2D eigenvalue weighted by Gasteiger charge is 2.33. The molecule has 3 nitrogen and oxygen atoms in total. The molecular formula is C13H15NO2. The van der Waals surface area contributed by atoms with Crippen LogP contribution in [0.15, 0.2) is 18.2 Å². The number of phenolic OH excluding ortho intramolecular Hbond substituents is 1. The molecule has 1 saturated carbocycles. The Kier molecular flexibility index (Phi) is 2.13. The van der Waals surface area contributed by atoms with Crippen LogP contribution in [0, 0.1) is 0 Å². The van der Waals surface area contributed by atoms with Crippen molar-refractivity contribution in [1.82, 2.24) is 4.90 Å². The predicted octanol–water partition coefficient (Wildman–Crippen LogP) is 2.29. The van der Waals surface area contributed by atoms with Gasteiger partial charge in [-0.3, -0.25) is 4.79 Å². The van der Waals surface area contributed by atoms with E-state index in [1.54, 1.807) is 12.1 Å². The van der Waals surface area contributed by atoms with Gasteiger partial charge in [0, 0.05) is 18.2 Å². The Hall–Kier alpha value is -1.51. The first-order valence-corrected chi connectivity index (χ1v) is 5.88. The van der Waals surface area contributed by atoms with E-state index in [0.717, 1.165) is 24.9 Å². The van der Waals surface area contributed by atoms with Gasteiger partial charge in [0.1, 0.15) is 5.75 Å². The van der Waals surface area contributed by atoms with Crippen LogP contribution in [0.2, 0.25) is 0 Å². The van der Waals surface area contributed by atoms with E-state index in [-0.39, 0.29) is 11.7 Å². The number of hydrogen-bond donors (Lipinski definition) is 1. The van der Waals surface area contributed by atoms with Gasteiger partial charge in [0.25, 0.3) is 5.91 Å². The molecule has 0 unspecified atom stereocenters. The molecule has 0 spiro atoms. The zero-order valence-electron chi connectivity index (χ0n) is 9.15. The molecule has 3 heteroatoms. The van der Waals surface area contributed by atoms with E-state index in [4.69, 9.17) is 0 Å². The normalized spacial score (nSPS) is 20.5. The van der Waals surface area contributed by atoms with E-state index >= 15 is 0 Å². The van der Waals surface area contributed by atoms with Crippen LogP contribution in [0.4, 0.5) is 0 Å². The van der Waals surface area contributed by atoms with E-state index in [2.05, 4.69) is 0 Å². The zero-order valence-corrected chi connectivity index (χ0v) is 9.15. The van der Waals surface area contributed by atoms with Crippen molar-refractivity contribution in [2.24, 2.45) is 0 Å². The van der Waals surface area contributed by atoms with Gasteiger partial charge in [-0.05, 0) is 30.5 Å². The summed E-state index contributed by atoms with van der Waals surface area (Å²) in [5.41, 5.74) is 1.74. The number of amides is 1. The number of benzene rings is 1. The van der Waals surface area contributed by atoms with Crippen LogP contribution < -0.4 is 0 Å². The molecule has 1 fully saturated rings. The minimum atomic E-state index is 0.0952. The molecule has 1 aliphatic heterocycles. The van der Waals surface area contributed by atoms with E-state index in [1.807, 2.05) is 11.0 Å². The maximum absolute atomic E-state index is 12.2. The van der Waals surface area contributed by atoms with Crippen molar-refractivity contribution in [3.8, 4) is 5.75 Å². The molecule has 16 heavy (non-hydrogen) atoms. The lowest BCUT2D eigenvalue weighted by molar-refractivity contribution is 0.0706. The summed E-state index contributed by atoms with van der Waals surface area (Å²) in [5, 5.41) is 9.40. The van der Waals surface area contributed by atoms with E-state index < -0.39 is 0 Å². The second-order valence-electron chi connectivity index (χ2n) is 4.71. The Morgan fingerprint density at radius 2 is 2.00 bits per heavy atom. The predicted molar refractivity (Wildman–Crippen MR) is 60.2 cm³/mol. The number of rotatable bonds is 1. The van der Waals surface area contributed by atoms with Crippen molar-refractivity contribution in [1.29, 1.82) is 0 Å². The molecule has 1 aliphatic carbocycles. The Bertz CT molecular complexity index is 436. The minimum absolute atomic E-state index is 0.0952. The van der Waals surface area contributed by atoms with Gasteiger partial charge in [-0.15, -0.1) is 0 Å². The fraction of sp³-hybridized carbons (Fsp3) is 0.462. The van der Waals surface area contributed by atoms with Crippen molar-refractivity contribution in [3.63, 3.8) is 0 Å². The van der Waals surface area contributed by atoms with Gasteiger partial charge < -0.3 is 10.0 Å². The quantitative estimate of drug-likeness (QED) is 0.784. The summed E-state index contributed by atoms with van der Waals surface area (Å²) in [6.45, 7) is 0.721. The van der Waals surface area contributed by atoms with Gasteiger partial charge in [-0.2, -0.15) is 0 Å². The van der Waals surface area contributed by atoms with Crippen LogP contribution in [0.25, 0.3) is 0 Å². The average Bonchev–Trinajstić information content (AvgIpc) is 2.87. The summed E-state index contributed by atoms with van der Waals surface area (Å²) in [4.78, 5) is 14.1. The van der Waals surface area contributed by atoms with Crippen LogP contribution in [0.1, 0.15) is 41.6 Å². The first-order chi connectivity index (χ1) is 7.75. The second kappa shape index (κ2) is 3.51. The van der Waals surface area contributed by atoms with Crippen molar-refractivity contribution < 1.29 is 9.90 Å². The van der Waals surface area contributed by atoms with E-state index in [1.165, 1.54) is 12.8 Å². The smallest absolute Gasteiger partial charge is 0.254 e. The topological polar surface area (TPSA) is 40.5 Å². The summed E-state index contributed by atoms with van der Waals surface area (Å²) in [5.74, 6) is 0.276. The Morgan fingerprint density at radius 3 is 2.75 bits per heavy atom. The van der Waals surface area contributed by atoms with Crippen molar-refractivity contribution in [3.05, 3.63) is 29.3 Å². The summed E-state index contributed by atoms with van der Waals surface area (Å²) in [6, 6.07) is 5.52. The molecule has 1 aromatic rings. The number of phenols is 1. The van der Waals surface area contributed by atoms with Gasteiger partial charge in [-0.25, -0.2) is 0 Å². The maximum Gasteiger partial charge on any atom is 0.254 e. The first-order valence-electron chi connectivity index (χ1n) is 5.88. The molecule has 0 radical (unpaired) electrons. The molecule has 1 N–H and O–H groups in total. The molecule has 3 rings (SSSR count). The number of nitrogens with zero attached hydrogens (tertiary/aromatic N) is 1. The van der Waals surface area contributed by atoms with Crippen molar-refractivity contribution in [2.75, 3.05) is 0 Å². The van der Waals surface area contributed by atoms with Crippen LogP contribution in [0.3, 0.4) is 0 Å². The highest BCUT2D eigenvalue weighted by molar-refractivity contribution is 5.98. The zero-order chi connectivity index (χ0) is 11.1. The largest absolute Gasteiger partial charge is 0.508 e. The third-order valence-electron chi connectivity index (χ3n) is 3.69. The molecule has 0 aromatic heterocycles. The molecule has 0 bridgehead atoms. The van der Waals surface area contributed by atoms with Crippen LogP contribution in [-0.2, 0) is 6.54 Å². The molecular weight excluding hydrogens is 202 g/mol. The van der Waals surface area contributed by atoms with Crippen LogP contribution in [0.5, 0.6) is 5.75 Å². The van der Waals surface area contributed by atoms with Crippen molar-refractivity contribution >= 4 is 5.91 Å². The number of aromatic hydroxyl groups is 1. The fourth-order valence-corrected chi connectivity index (χ4v) is 2.82. The number of carbonyl (C=O) groups is 1. The molecule has 0 saturated heterocycles. The standard InChI is InChI=1S/C13H15NO2/c15-11-6-5-9-8-14(10-3-1-2-4-10)13(16)12(9)7-11/h5-7,10,15H,1-4,8H2. The molecule has 0 atom stereocenters. The van der Waals surface area contributed by atoms with Gasteiger partial charge in [0.2, 0.25) is 0 Å². The van der Waals surface area contributed by atoms with E-state index in [9.17, 15) is 9.90 Å². The Morgan fingerprint density at radius 1 is 1.25 bits per heavy atom. The van der Waals surface area contributed by atoms with E-state index in [0.29, 0.717) is 11.6 Å². The highest BCUT2D eigenvalue weighted by atomic mass is 16.3.